The molecule has 37 heavy (non-hydrogen) atoms. The molecule has 1 N–H and O–H groups in total. The maximum atomic E-state index is 12.2. The van der Waals surface area contributed by atoms with Gasteiger partial charge in [0.15, 0.2) is 0 Å². The lowest BCUT2D eigenvalue weighted by Crippen LogP contribution is -2.47. The number of methoxy groups -OCH3 is 1. The zero-order valence-electron chi connectivity index (χ0n) is 21.1. The number of nitrogens with one attached hydrogen (secondary N) is 1. The predicted octanol–water partition coefficient (Wildman–Crippen LogP) is 4.28. The summed E-state index contributed by atoms with van der Waals surface area (Å²) in [6, 6.07) is 14.4. The molecule has 2 heterocycles. The molecule has 1 aromatic heterocycles. The number of nitrogens with zero attached hydrogens (tertiary/aromatic N) is 5. The van der Waals surface area contributed by atoms with Crippen molar-refractivity contribution in [3.8, 4) is 5.75 Å². The first-order valence-corrected chi connectivity index (χ1v) is 12.0. The van der Waals surface area contributed by atoms with Gasteiger partial charge in [0.25, 0.3) is 0 Å². The van der Waals surface area contributed by atoms with E-state index in [4.69, 9.17) is 9.47 Å². The molecule has 0 saturated carbocycles. The molecule has 1 saturated heterocycles. The number of nitro groups is 1. The fourth-order valence-electron chi connectivity index (χ4n) is 3.98. The number of esters is 1. The average Bonchev–Trinajstić information content (AvgIpc) is 2.92. The molecule has 0 aliphatic carbocycles. The topological polar surface area (TPSA) is 123 Å². The number of hydrogen-bond donors (Lipinski definition) is 1. The second-order valence-electron chi connectivity index (χ2n) is 9.02. The molecule has 0 unspecified atom stereocenters. The Hall–Kier alpha value is -4.41. The molecule has 2 aromatic carbocycles. The Balaban J connectivity index is 1.46. The summed E-state index contributed by atoms with van der Waals surface area (Å²) in [5, 5.41) is 15.1. The number of ether oxygens (including phenoxy) is 2. The summed E-state index contributed by atoms with van der Waals surface area (Å²) >= 11 is 0. The van der Waals surface area contributed by atoms with Crippen LogP contribution >= 0.6 is 0 Å². The highest BCUT2D eigenvalue weighted by atomic mass is 16.6. The fourth-order valence-corrected chi connectivity index (χ4v) is 3.98. The highest BCUT2D eigenvalue weighted by molar-refractivity contribution is 5.90. The van der Waals surface area contributed by atoms with Crippen LogP contribution < -0.4 is 19.9 Å². The van der Waals surface area contributed by atoms with Gasteiger partial charge in [0.05, 0.1) is 24.2 Å². The van der Waals surface area contributed by atoms with Gasteiger partial charge in [-0.1, -0.05) is 13.8 Å². The van der Waals surface area contributed by atoms with Crippen molar-refractivity contribution in [2.75, 3.05) is 55.0 Å². The lowest BCUT2D eigenvalue weighted by atomic mass is 10.2. The zero-order chi connectivity index (χ0) is 26.4. The number of benzene rings is 2. The van der Waals surface area contributed by atoms with E-state index in [1.165, 1.54) is 6.33 Å². The van der Waals surface area contributed by atoms with Crippen LogP contribution in [0.1, 0.15) is 24.2 Å². The quantitative estimate of drug-likeness (QED) is 0.256. The van der Waals surface area contributed by atoms with Crippen molar-refractivity contribution in [3.05, 3.63) is 70.5 Å². The molecule has 0 amide bonds. The summed E-state index contributed by atoms with van der Waals surface area (Å²) in [4.78, 5) is 36.3. The smallest absolute Gasteiger partial charge is 0.353 e. The molecule has 4 rings (SSSR count). The molecule has 1 fully saturated rings. The van der Waals surface area contributed by atoms with E-state index in [1.54, 1.807) is 31.4 Å². The number of carbonyl (C=O) groups is 1. The number of rotatable bonds is 9. The third-order valence-corrected chi connectivity index (χ3v) is 5.93. The monoisotopic (exact) mass is 506 g/mol. The molecule has 11 nitrogen and oxygen atoms in total. The number of aromatic nitrogens is 2. The lowest BCUT2D eigenvalue weighted by molar-refractivity contribution is -0.383. The highest BCUT2D eigenvalue weighted by Gasteiger charge is 2.29. The minimum absolute atomic E-state index is 0.0859. The van der Waals surface area contributed by atoms with Gasteiger partial charge in [-0.3, -0.25) is 10.1 Å². The maximum Gasteiger partial charge on any atom is 0.353 e. The van der Waals surface area contributed by atoms with Gasteiger partial charge in [0.1, 0.15) is 12.1 Å². The first kappa shape index (κ1) is 25.7. The van der Waals surface area contributed by atoms with E-state index < -0.39 is 10.9 Å². The number of piperazine rings is 1. The molecular weight excluding hydrogens is 476 g/mol. The Bertz CT molecular complexity index is 1230. The Kier molecular flexibility index (Phi) is 8.02. The summed E-state index contributed by atoms with van der Waals surface area (Å²) in [5.74, 6) is 0.973. The lowest BCUT2D eigenvalue weighted by Gasteiger charge is -2.36. The van der Waals surface area contributed by atoms with Crippen molar-refractivity contribution in [2.24, 2.45) is 5.92 Å². The Labute approximate surface area is 215 Å². The van der Waals surface area contributed by atoms with Gasteiger partial charge in [-0.05, 0) is 54.4 Å². The van der Waals surface area contributed by atoms with Gasteiger partial charge in [-0.25, -0.2) is 14.8 Å². The highest BCUT2D eigenvalue weighted by Crippen LogP contribution is 2.34. The molecule has 1 aliphatic heterocycles. The second kappa shape index (κ2) is 11.5. The van der Waals surface area contributed by atoms with Gasteiger partial charge in [-0.2, -0.15) is 0 Å². The molecule has 0 radical (unpaired) electrons. The van der Waals surface area contributed by atoms with Gasteiger partial charge in [0.2, 0.25) is 11.6 Å². The van der Waals surface area contributed by atoms with Crippen molar-refractivity contribution in [1.29, 1.82) is 0 Å². The van der Waals surface area contributed by atoms with Crippen molar-refractivity contribution >= 4 is 34.7 Å². The fraction of sp³-hybridized carbons (Fsp3) is 0.346. The van der Waals surface area contributed by atoms with Crippen LogP contribution in [0.3, 0.4) is 0 Å². The van der Waals surface area contributed by atoms with Crippen molar-refractivity contribution in [1.82, 2.24) is 9.97 Å². The average molecular weight is 507 g/mol. The van der Waals surface area contributed by atoms with Crippen LogP contribution in [-0.4, -0.2) is 60.8 Å². The van der Waals surface area contributed by atoms with Crippen LogP contribution in [0.4, 0.5) is 28.7 Å². The molecule has 194 valence electrons. The Morgan fingerprint density at radius 1 is 1.03 bits per heavy atom. The van der Waals surface area contributed by atoms with Gasteiger partial charge in [0, 0.05) is 37.6 Å². The number of hydrogen-bond acceptors (Lipinski definition) is 10. The van der Waals surface area contributed by atoms with Gasteiger partial charge in [-0.15, -0.1) is 0 Å². The largest absolute Gasteiger partial charge is 0.497 e. The van der Waals surface area contributed by atoms with E-state index >= 15 is 0 Å². The molecule has 3 aromatic rings. The standard InChI is InChI=1S/C26H30N6O5/c1-18(2)16-37-26(33)19-4-6-20(7-5-19)29-24-23(32(34)35)25(28-17-27-24)31-14-12-30(13-15-31)21-8-10-22(36-3)11-9-21/h4-11,17-18H,12-16H2,1-3H3,(H,27,28,29). The first-order chi connectivity index (χ1) is 17.9. The third kappa shape index (κ3) is 6.24. The van der Waals surface area contributed by atoms with Crippen LogP contribution in [-0.2, 0) is 4.74 Å². The second-order valence-corrected chi connectivity index (χ2v) is 9.02. The first-order valence-electron chi connectivity index (χ1n) is 12.0. The Morgan fingerprint density at radius 2 is 1.68 bits per heavy atom. The molecule has 0 atom stereocenters. The third-order valence-electron chi connectivity index (χ3n) is 5.93. The summed E-state index contributed by atoms with van der Waals surface area (Å²) in [5.41, 5.74) is 1.83. The maximum absolute atomic E-state index is 12.2. The SMILES string of the molecule is COc1ccc(N2CCN(c3ncnc(Nc4ccc(C(=O)OCC(C)C)cc4)c3[N+](=O)[O-])CC2)cc1. The Morgan fingerprint density at radius 3 is 2.27 bits per heavy atom. The van der Waals surface area contributed by atoms with E-state index in [0.717, 1.165) is 11.4 Å². The molecule has 0 bridgehead atoms. The van der Waals surface area contributed by atoms with E-state index in [-0.39, 0.29) is 23.2 Å². The minimum Gasteiger partial charge on any atom is -0.497 e. The van der Waals surface area contributed by atoms with Crippen LogP contribution in [0.15, 0.2) is 54.9 Å². The molecular formula is C26H30N6O5. The van der Waals surface area contributed by atoms with Gasteiger partial charge >= 0.3 is 11.7 Å². The van der Waals surface area contributed by atoms with Crippen LogP contribution in [0.5, 0.6) is 5.75 Å². The number of anilines is 4. The minimum atomic E-state index is -0.467. The summed E-state index contributed by atoms with van der Waals surface area (Å²) < 4.78 is 10.5. The molecule has 11 heteroatoms. The number of carbonyl (C=O) groups excluding carboxylic acids is 1. The van der Waals surface area contributed by atoms with Crippen LogP contribution in [0, 0.1) is 16.0 Å². The van der Waals surface area contributed by atoms with Gasteiger partial charge < -0.3 is 24.6 Å². The van der Waals surface area contributed by atoms with Crippen molar-refractivity contribution < 1.29 is 19.2 Å². The van der Waals surface area contributed by atoms with Crippen molar-refractivity contribution in [2.45, 2.75) is 13.8 Å². The van der Waals surface area contributed by atoms with Crippen molar-refractivity contribution in [3.63, 3.8) is 0 Å². The molecule has 1 aliphatic rings. The summed E-state index contributed by atoms with van der Waals surface area (Å²) in [6.07, 6.45) is 1.32. The van der Waals surface area contributed by atoms with Crippen LogP contribution in [0.25, 0.3) is 0 Å². The van der Waals surface area contributed by atoms with E-state index in [2.05, 4.69) is 20.2 Å². The van der Waals surface area contributed by atoms with E-state index in [1.807, 2.05) is 43.0 Å². The summed E-state index contributed by atoms with van der Waals surface area (Å²) in [7, 11) is 1.63. The van der Waals surface area contributed by atoms with Crippen LogP contribution in [0.2, 0.25) is 0 Å². The predicted molar refractivity (Wildman–Crippen MR) is 141 cm³/mol. The van der Waals surface area contributed by atoms with E-state index in [0.29, 0.717) is 44.0 Å². The van der Waals surface area contributed by atoms with E-state index in [9.17, 15) is 14.9 Å². The zero-order valence-corrected chi connectivity index (χ0v) is 21.1. The normalized spacial score (nSPS) is 13.4. The molecule has 0 spiro atoms. The summed E-state index contributed by atoms with van der Waals surface area (Å²) in [6.45, 7) is 6.76.